The molecule has 0 aliphatic heterocycles. The van der Waals surface area contributed by atoms with Crippen LogP contribution in [0.2, 0.25) is 10.0 Å². The van der Waals surface area contributed by atoms with E-state index in [2.05, 4.69) is 30.7 Å². The maximum atomic E-state index is 12.4. The van der Waals surface area contributed by atoms with Crippen molar-refractivity contribution in [2.45, 2.75) is 13.0 Å². The average molecular weight is 408 g/mol. The molecular weight excluding hydrogens is 393 g/mol. The highest BCUT2D eigenvalue weighted by Gasteiger charge is 2.19. The van der Waals surface area contributed by atoms with Gasteiger partial charge in [0.05, 0.1) is 28.9 Å². The van der Waals surface area contributed by atoms with E-state index in [-0.39, 0.29) is 0 Å². The molecule has 3 rings (SSSR count). The van der Waals surface area contributed by atoms with Crippen molar-refractivity contribution in [2.75, 3.05) is 12.4 Å². The third-order valence-corrected chi connectivity index (χ3v) is 4.26. The molecule has 9 nitrogen and oxygen atoms in total. The topological polar surface area (TPSA) is 107 Å². The molecule has 2 heterocycles. The first kappa shape index (κ1) is 18.9. The highest BCUT2D eigenvalue weighted by molar-refractivity contribution is 6.42. The third kappa shape index (κ3) is 4.26. The Labute approximate surface area is 164 Å². The summed E-state index contributed by atoms with van der Waals surface area (Å²) in [6.45, 7) is 1.76. The number of ether oxygens (including phenoxy) is 1. The van der Waals surface area contributed by atoms with Gasteiger partial charge in [0.1, 0.15) is 12.1 Å². The lowest BCUT2D eigenvalue weighted by molar-refractivity contribution is 0.248. The average Bonchev–Trinajstić information content (AvgIpc) is 3.15. The van der Waals surface area contributed by atoms with Crippen LogP contribution in [0.4, 0.5) is 10.5 Å². The number of nitrogens with zero attached hydrogens (tertiary/aromatic N) is 5. The molecule has 0 saturated heterocycles. The second-order valence-corrected chi connectivity index (χ2v) is 6.18. The highest BCUT2D eigenvalue weighted by atomic mass is 35.5. The number of methoxy groups -OCH3 is 1. The van der Waals surface area contributed by atoms with Crippen LogP contribution in [0, 0.1) is 0 Å². The van der Waals surface area contributed by atoms with Gasteiger partial charge in [0.15, 0.2) is 5.82 Å². The van der Waals surface area contributed by atoms with Crippen LogP contribution < -0.4 is 15.4 Å². The molecule has 0 fully saturated rings. The molecule has 2 N–H and O–H groups in total. The molecule has 0 aliphatic rings. The summed E-state index contributed by atoms with van der Waals surface area (Å²) in [7, 11) is 1.47. The summed E-state index contributed by atoms with van der Waals surface area (Å²) in [6.07, 6.45) is 4.55. The number of aromatic nitrogens is 5. The first-order chi connectivity index (χ1) is 13.0. The number of nitrogens with one attached hydrogen (secondary N) is 2. The number of amides is 2. The van der Waals surface area contributed by atoms with Gasteiger partial charge in [-0.2, -0.15) is 9.78 Å². The number of urea groups is 1. The number of hydrogen-bond acceptors (Lipinski definition) is 6. The molecule has 3 aromatic rings. The first-order valence-corrected chi connectivity index (χ1v) is 8.53. The summed E-state index contributed by atoms with van der Waals surface area (Å²) < 4.78 is 6.66. The number of hydrogen-bond donors (Lipinski definition) is 2. The molecule has 27 heavy (non-hydrogen) atoms. The van der Waals surface area contributed by atoms with Crippen molar-refractivity contribution in [1.82, 2.24) is 30.0 Å². The van der Waals surface area contributed by atoms with E-state index in [0.717, 1.165) is 0 Å². The van der Waals surface area contributed by atoms with Gasteiger partial charge in [-0.05, 0) is 19.1 Å². The van der Waals surface area contributed by atoms with Crippen LogP contribution in [0.15, 0.2) is 36.9 Å². The maximum Gasteiger partial charge on any atom is 0.319 e. The summed E-state index contributed by atoms with van der Waals surface area (Å²) >= 11 is 12.0. The number of carbonyl (C=O) groups excluding carboxylic acids is 1. The van der Waals surface area contributed by atoms with Gasteiger partial charge >= 0.3 is 6.03 Å². The van der Waals surface area contributed by atoms with E-state index in [9.17, 15) is 4.79 Å². The molecule has 140 valence electrons. The molecule has 2 aromatic heterocycles. The van der Waals surface area contributed by atoms with E-state index in [1.165, 1.54) is 30.3 Å². The minimum Gasteiger partial charge on any atom is -0.495 e. The summed E-state index contributed by atoms with van der Waals surface area (Å²) in [5.41, 5.74) is 0.379. The summed E-state index contributed by atoms with van der Waals surface area (Å²) in [5, 5.41) is 10.2. The van der Waals surface area contributed by atoms with Crippen LogP contribution in [0.5, 0.6) is 5.75 Å². The van der Waals surface area contributed by atoms with Crippen LogP contribution >= 0.6 is 23.2 Å². The van der Waals surface area contributed by atoms with Crippen LogP contribution in [0.3, 0.4) is 0 Å². The van der Waals surface area contributed by atoms with Gasteiger partial charge in [-0.1, -0.05) is 23.2 Å². The first-order valence-electron chi connectivity index (χ1n) is 7.77. The normalized spacial score (nSPS) is 11.7. The molecule has 1 aromatic carbocycles. The van der Waals surface area contributed by atoms with Gasteiger partial charge in [-0.15, -0.1) is 0 Å². The molecule has 1 atom stereocenters. The zero-order valence-electron chi connectivity index (χ0n) is 14.3. The van der Waals surface area contributed by atoms with Gasteiger partial charge in [-0.3, -0.25) is 0 Å². The Kier molecular flexibility index (Phi) is 5.72. The SMILES string of the molecule is COc1cc(Cl)c(Cl)cc1NC(=O)NC(C)c1ncnn1-c1ncccn1. The van der Waals surface area contributed by atoms with Crippen molar-refractivity contribution in [3.63, 3.8) is 0 Å². The number of rotatable bonds is 5. The number of anilines is 1. The fraction of sp³-hybridized carbons (Fsp3) is 0.188. The van der Waals surface area contributed by atoms with E-state index >= 15 is 0 Å². The minimum absolute atomic E-state index is 0.293. The Hall–Kier alpha value is -2.91. The van der Waals surface area contributed by atoms with E-state index < -0.39 is 12.1 Å². The maximum absolute atomic E-state index is 12.4. The van der Waals surface area contributed by atoms with Gasteiger partial charge < -0.3 is 15.4 Å². The predicted octanol–water partition coefficient (Wildman–Crippen LogP) is 3.26. The van der Waals surface area contributed by atoms with E-state index in [1.54, 1.807) is 25.4 Å². The highest BCUT2D eigenvalue weighted by Crippen LogP contribution is 2.34. The molecule has 11 heteroatoms. The summed E-state index contributed by atoms with van der Waals surface area (Å²) in [4.78, 5) is 24.8. The number of halogens is 2. The van der Waals surface area contributed by atoms with Crippen LogP contribution in [0.25, 0.3) is 5.95 Å². The summed E-state index contributed by atoms with van der Waals surface area (Å²) in [6, 6.07) is 3.76. The molecular formula is C16H15Cl2N7O2. The van der Waals surface area contributed by atoms with Crippen molar-refractivity contribution in [3.8, 4) is 11.7 Å². The third-order valence-electron chi connectivity index (χ3n) is 3.54. The van der Waals surface area contributed by atoms with Crippen molar-refractivity contribution < 1.29 is 9.53 Å². The summed E-state index contributed by atoms with van der Waals surface area (Å²) in [5.74, 6) is 1.20. The lowest BCUT2D eigenvalue weighted by Gasteiger charge is -2.16. The van der Waals surface area contributed by atoms with Crippen molar-refractivity contribution in [2.24, 2.45) is 0 Å². The minimum atomic E-state index is -0.484. The zero-order valence-corrected chi connectivity index (χ0v) is 15.9. The lowest BCUT2D eigenvalue weighted by atomic mass is 10.3. The van der Waals surface area contributed by atoms with Gasteiger partial charge in [-0.25, -0.2) is 19.7 Å². The van der Waals surface area contributed by atoms with Crippen molar-refractivity contribution in [3.05, 3.63) is 52.8 Å². The number of carbonyl (C=O) groups is 1. The molecule has 0 aliphatic carbocycles. The molecule has 0 spiro atoms. The van der Waals surface area contributed by atoms with E-state index in [4.69, 9.17) is 27.9 Å². The lowest BCUT2D eigenvalue weighted by Crippen LogP contribution is -2.32. The smallest absolute Gasteiger partial charge is 0.319 e. The van der Waals surface area contributed by atoms with Crippen molar-refractivity contribution in [1.29, 1.82) is 0 Å². The van der Waals surface area contributed by atoms with Gasteiger partial charge in [0.2, 0.25) is 0 Å². The fourth-order valence-electron chi connectivity index (χ4n) is 2.32. The van der Waals surface area contributed by atoms with E-state index in [1.807, 2.05) is 0 Å². The Balaban J connectivity index is 1.74. The Morgan fingerprint density at radius 3 is 2.59 bits per heavy atom. The Bertz CT molecular complexity index is 949. The molecule has 0 radical (unpaired) electrons. The van der Waals surface area contributed by atoms with Crippen LogP contribution in [-0.2, 0) is 0 Å². The van der Waals surface area contributed by atoms with Crippen LogP contribution in [-0.4, -0.2) is 37.9 Å². The van der Waals surface area contributed by atoms with Gasteiger partial charge in [0, 0.05) is 18.5 Å². The van der Waals surface area contributed by atoms with Crippen molar-refractivity contribution >= 4 is 34.9 Å². The number of benzene rings is 1. The quantitative estimate of drug-likeness (QED) is 0.671. The molecule has 2 amide bonds. The zero-order chi connectivity index (χ0) is 19.4. The van der Waals surface area contributed by atoms with Gasteiger partial charge in [0.25, 0.3) is 5.95 Å². The predicted molar refractivity (Wildman–Crippen MR) is 101 cm³/mol. The Morgan fingerprint density at radius 2 is 1.89 bits per heavy atom. The Morgan fingerprint density at radius 1 is 1.19 bits per heavy atom. The van der Waals surface area contributed by atoms with Crippen LogP contribution in [0.1, 0.15) is 18.8 Å². The second-order valence-electron chi connectivity index (χ2n) is 5.37. The standard InChI is InChI=1S/C16H15Cl2N7O2/c1-9(14-21-8-22-25(14)15-19-4-3-5-20-15)23-16(26)24-12-6-10(17)11(18)7-13(12)27-2/h3-9H,1-2H3,(H2,23,24,26). The second kappa shape index (κ2) is 8.19. The monoisotopic (exact) mass is 407 g/mol. The molecule has 0 bridgehead atoms. The van der Waals surface area contributed by atoms with E-state index in [0.29, 0.717) is 33.3 Å². The largest absolute Gasteiger partial charge is 0.495 e. The molecule has 1 unspecified atom stereocenters. The molecule has 0 saturated carbocycles. The fourth-order valence-corrected chi connectivity index (χ4v) is 2.63.